The predicted molar refractivity (Wildman–Crippen MR) is 134 cm³/mol. The van der Waals surface area contributed by atoms with E-state index >= 15 is 4.39 Å². The molecule has 1 aromatic heterocycles. The molecule has 0 bridgehead atoms. The predicted octanol–water partition coefficient (Wildman–Crippen LogP) is 4.77. The first-order valence-electron chi connectivity index (χ1n) is 11.1. The van der Waals surface area contributed by atoms with Gasteiger partial charge in [-0.1, -0.05) is 60.6 Å². The van der Waals surface area contributed by atoms with Gasteiger partial charge in [0.25, 0.3) is 0 Å². The number of ether oxygens (including phenoxy) is 1. The number of phosphoric acid groups is 1. The minimum Gasteiger partial charge on any atom is -0.383 e. The van der Waals surface area contributed by atoms with Crippen LogP contribution in [0.4, 0.5) is 10.2 Å². The van der Waals surface area contributed by atoms with Gasteiger partial charge < -0.3 is 10.5 Å². The van der Waals surface area contributed by atoms with E-state index in [1.807, 2.05) is 24.3 Å². The van der Waals surface area contributed by atoms with Crippen molar-refractivity contribution in [2.24, 2.45) is 0 Å². The van der Waals surface area contributed by atoms with Gasteiger partial charge in [-0.3, -0.25) is 18.1 Å². The molecule has 0 saturated carbocycles. The number of anilines is 1. The first-order valence-corrected chi connectivity index (χ1v) is 14.7. The third-order valence-corrected chi connectivity index (χ3v) is 10.3. The lowest BCUT2D eigenvalue weighted by atomic mass is 9.98. The SMILES string of the molecule is CC(C)(C)SSc1ccccc1CCOP1(=O)OC[C@H]2O[C@@H](n3ccc([15NH2])nc3=O)[C@](C)(F)[C@@H]2O1. The summed E-state index contributed by atoms with van der Waals surface area (Å²) in [5.74, 6) is 0.0108. The maximum absolute atomic E-state index is 15.8. The molecule has 2 aliphatic rings. The maximum Gasteiger partial charge on any atom is 0.475 e. The summed E-state index contributed by atoms with van der Waals surface area (Å²) in [6.45, 7) is 7.50. The van der Waals surface area contributed by atoms with Crippen LogP contribution in [-0.4, -0.2) is 45.4 Å². The summed E-state index contributed by atoms with van der Waals surface area (Å²) in [5.41, 5.74) is 3.58. The topological polar surface area (TPSA) is 115 Å². The molecular formula is C22H29FN3O6PS2. The number of nitrogens with two attached hydrogens (primary N) is 1. The van der Waals surface area contributed by atoms with Gasteiger partial charge in [0.05, 0.1) is 13.2 Å². The second kappa shape index (κ2) is 10.2. The number of phosphoric ester groups is 1. The summed E-state index contributed by atoms with van der Waals surface area (Å²) < 4.78 is 52.2. The Bertz CT molecular complexity index is 1170. The van der Waals surface area contributed by atoms with Crippen LogP contribution in [0, 0.1) is 0 Å². The fraction of sp³-hybridized carbons (Fsp3) is 0.545. The van der Waals surface area contributed by atoms with Crippen LogP contribution in [0.3, 0.4) is 0 Å². The lowest BCUT2D eigenvalue weighted by molar-refractivity contribution is -0.0724. The zero-order valence-corrected chi connectivity index (χ0v) is 22.4. The Labute approximate surface area is 211 Å². The molecule has 1 unspecified atom stereocenters. The van der Waals surface area contributed by atoms with E-state index < -0.39 is 37.6 Å². The molecule has 2 N–H and O–H groups in total. The highest BCUT2D eigenvalue weighted by molar-refractivity contribution is 8.77. The van der Waals surface area contributed by atoms with Gasteiger partial charge in [0, 0.05) is 15.8 Å². The van der Waals surface area contributed by atoms with Crippen molar-refractivity contribution in [3.05, 3.63) is 52.6 Å². The van der Waals surface area contributed by atoms with Crippen LogP contribution < -0.4 is 11.4 Å². The van der Waals surface area contributed by atoms with Crippen LogP contribution in [-0.2, 0) is 29.3 Å². The molecular weight excluding hydrogens is 517 g/mol. The van der Waals surface area contributed by atoms with Gasteiger partial charge in [-0.25, -0.2) is 13.8 Å². The minimum atomic E-state index is -4.05. The average Bonchev–Trinajstić information content (AvgIpc) is 3.02. The molecule has 2 aromatic rings. The van der Waals surface area contributed by atoms with Gasteiger partial charge in [-0.05, 0) is 31.0 Å². The molecule has 1 aromatic carbocycles. The molecule has 192 valence electrons. The van der Waals surface area contributed by atoms with Crippen molar-refractivity contribution >= 4 is 35.2 Å². The smallest absolute Gasteiger partial charge is 0.383 e. The highest BCUT2D eigenvalue weighted by atomic mass is 33.1. The van der Waals surface area contributed by atoms with E-state index in [-0.39, 0.29) is 23.8 Å². The number of fused-ring (bicyclic) bond motifs is 1. The summed E-state index contributed by atoms with van der Waals surface area (Å²) in [7, 11) is -0.624. The summed E-state index contributed by atoms with van der Waals surface area (Å²) in [4.78, 5) is 16.9. The number of nitrogen functional groups attached to an aromatic ring is 1. The molecule has 4 rings (SSSR count). The number of hydrogen-bond donors (Lipinski definition) is 1. The average molecular weight is 547 g/mol. The van der Waals surface area contributed by atoms with E-state index in [0.717, 1.165) is 15.0 Å². The highest BCUT2D eigenvalue weighted by Gasteiger charge is 2.61. The molecule has 0 spiro atoms. The molecule has 3 heterocycles. The Morgan fingerprint density at radius 2 is 2.09 bits per heavy atom. The second-order valence-corrected chi connectivity index (χ2v) is 14.1. The van der Waals surface area contributed by atoms with Crippen LogP contribution in [0.15, 0.2) is 46.2 Å². The van der Waals surface area contributed by atoms with Crippen LogP contribution in [0.25, 0.3) is 0 Å². The molecule has 5 atom stereocenters. The van der Waals surface area contributed by atoms with Gasteiger partial charge >= 0.3 is 13.5 Å². The summed E-state index contributed by atoms with van der Waals surface area (Å²) in [6.07, 6.45) is -1.72. The van der Waals surface area contributed by atoms with Crippen LogP contribution in [0.5, 0.6) is 0 Å². The van der Waals surface area contributed by atoms with Crippen molar-refractivity contribution in [3.8, 4) is 0 Å². The number of halogens is 1. The molecule has 2 fully saturated rings. The zero-order chi connectivity index (χ0) is 25.4. The van der Waals surface area contributed by atoms with E-state index in [1.165, 1.54) is 19.2 Å². The summed E-state index contributed by atoms with van der Waals surface area (Å²) >= 11 is 0. The molecule has 35 heavy (non-hydrogen) atoms. The first kappa shape index (κ1) is 26.7. The van der Waals surface area contributed by atoms with Crippen molar-refractivity contribution in [3.63, 3.8) is 0 Å². The Balaban J connectivity index is 1.41. The van der Waals surface area contributed by atoms with Crippen LogP contribution in [0.2, 0.25) is 0 Å². The minimum absolute atomic E-state index is 0.0108. The fourth-order valence-electron chi connectivity index (χ4n) is 3.74. The third kappa shape index (κ3) is 6.12. The lowest BCUT2D eigenvalue weighted by Crippen LogP contribution is -2.46. The van der Waals surface area contributed by atoms with Gasteiger partial charge in [0.2, 0.25) is 0 Å². The molecule has 0 radical (unpaired) electrons. The van der Waals surface area contributed by atoms with Crippen molar-refractivity contribution in [2.75, 3.05) is 18.9 Å². The van der Waals surface area contributed by atoms with E-state index in [4.69, 9.17) is 24.0 Å². The Hall–Kier alpha value is -1.40. The van der Waals surface area contributed by atoms with Crippen LogP contribution >= 0.6 is 29.4 Å². The zero-order valence-electron chi connectivity index (χ0n) is 19.9. The van der Waals surface area contributed by atoms with E-state index in [9.17, 15) is 9.36 Å². The van der Waals surface area contributed by atoms with Gasteiger partial charge in [-0.15, -0.1) is 0 Å². The quantitative estimate of drug-likeness (QED) is 0.296. The second-order valence-electron chi connectivity index (χ2n) is 9.46. The Morgan fingerprint density at radius 3 is 2.80 bits per heavy atom. The molecule has 0 amide bonds. The summed E-state index contributed by atoms with van der Waals surface area (Å²) in [5, 5.41) is 0. The highest BCUT2D eigenvalue weighted by Crippen LogP contribution is 2.59. The molecule has 2 aliphatic heterocycles. The number of rotatable bonds is 7. The first-order chi connectivity index (χ1) is 16.4. The number of aromatic nitrogens is 2. The number of benzene rings is 1. The van der Waals surface area contributed by atoms with E-state index in [2.05, 4.69) is 25.8 Å². The van der Waals surface area contributed by atoms with Crippen molar-refractivity contribution in [2.45, 2.75) is 67.9 Å². The Kier molecular flexibility index (Phi) is 7.74. The van der Waals surface area contributed by atoms with Gasteiger partial charge in [-0.2, -0.15) is 4.98 Å². The largest absolute Gasteiger partial charge is 0.475 e. The van der Waals surface area contributed by atoms with E-state index in [1.54, 1.807) is 21.6 Å². The fourth-order valence-corrected chi connectivity index (χ4v) is 7.46. The van der Waals surface area contributed by atoms with Gasteiger partial charge in [0.15, 0.2) is 11.9 Å². The number of nitrogens with zero attached hydrogens (tertiary/aromatic N) is 2. The van der Waals surface area contributed by atoms with Gasteiger partial charge in [0.1, 0.15) is 18.0 Å². The molecule has 0 aliphatic carbocycles. The normalized spacial score (nSPS) is 30.8. The lowest BCUT2D eigenvalue weighted by Gasteiger charge is -2.33. The van der Waals surface area contributed by atoms with E-state index in [0.29, 0.717) is 6.42 Å². The summed E-state index contributed by atoms with van der Waals surface area (Å²) in [6, 6.07) is 9.27. The van der Waals surface area contributed by atoms with Crippen LogP contribution in [0.1, 0.15) is 39.5 Å². The molecule has 13 heteroatoms. The standard InChI is InChI=1S/C22H29FN3O6PS2/c1-21(2,3)35-34-16-8-6-5-7-14(16)10-12-29-33(28)30-13-15-18(32-33)22(4,23)19(31-15)26-11-9-17(24)25-20(26)27/h5-9,11,15,18-19H,10,12-13H2,1-4H3,(H2,24,25,27)/t15-,18-,19-,22-,33?/m1/s1/i24+1. The monoisotopic (exact) mass is 546 g/mol. The third-order valence-electron chi connectivity index (χ3n) is 5.40. The molecule has 9 nitrogen and oxygen atoms in total. The van der Waals surface area contributed by atoms with Crippen molar-refractivity contribution in [1.82, 2.24) is 9.55 Å². The maximum atomic E-state index is 15.8. The molecule has 2 saturated heterocycles. The number of hydrogen-bond acceptors (Lipinski definition) is 10. The van der Waals surface area contributed by atoms with Crippen molar-refractivity contribution in [1.29, 1.82) is 0 Å². The van der Waals surface area contributed by atoms with Crippen molar-refractivity contribution < 1.29 is 27.3 Å². The number of alkyl halides is 1. The Morgan fingerprint density at radius 1 is 1.34 bits per heavy atom.